The number of carbonyl (C=O) groups is 1. The number of rotatable bonds is 7. The van der Waals surface area contributed by atoms with Crippen LogP contribution in [0.25, 0.3) is 10.9 Å². The van der Waals surface area contributed by atoms with E-state index in [1.54, 1.807) is 53.2 Å². The summed E-state index contributed by atoms with van der Waals surface area (Å²) in [6, 6.07) is 18.2. The molecule has 0 spiro atoms. The molecular weight excluding hydrogens is 417 g/mol. The average Bonchev–Trinajstić information content (AvgIpc) is 3.14. The molecule has 0 saturated heterocycles. The Hall–Kier alpha value is -3.52. The number of benzene rings is 2. The fourth-order valence-electron chi connectivity index (χ4n) is 3.39. The van der Waals surface area contributed by atoms with Crippen LogP contribution in [0.4, 0.5) is 4.39 Å². The van der Waals surface area contributed by atoms with Gasteiger partial charge in [-0.2, -0.15) is 0 Å². The van der Waals surface area contributed by atoms with E-state index in [0.29, 0.717) is 10.9 Å². The number of carbonyl (C=O) groups excluding carboxylic acids is 1. The van der Waals surface area contributed by atoms with Crippen LogP contribution in [0.5, 0.6) is 0 Å². The summed E-state index contributed by atoms with van der Waals surface area (Å²) in [5, 5.41) is 3.28. The molecule has 0 atom stereocenters. The molecule has 0 radical (unpaired) electrons. The van der Waals surface area contributed by atoms with Gasteiger partial charge in [0.15, 0.2) is 9.84 Å². The van der Waals surface area contributed by atoms with Crippen molar-refractivity contribution in [2.45, 2.75) is 23.7 Å². The van der Waals surface area contributed by atoms with Crippen molar-refractivity contribution in [3.8, 4) is 0 Å². The van der Waals surface area contributed by atoms with Gasteiger partial charge in [-0.05, 0) is 24.3 Å². The van der Waals surface area contributed by atoms with Gasteiger partial charge in [-0.15, -0.1) is 0 Å². The number of amides is 1. The number of hydrogen-bond acceptors (Lipinski definition) is 4. The minimum Gasteiger partial charge on any atom is -0.349 e. The first kappa shape index (κ1) is 20.7. The Morgan fingerprint density at radius 3 is 2.52 bits per heavy atom. The van der Waals surface area contributed by atoms with Gasteiger partial charge in [0.2, 0.25) is 5.91 Å². The lowest BCUT2D eigenvalue weighted by atomic mass is 10.2. The second kappa shape index (κ2) is 8.69. The lowest BCUT2D eigenvalue weighted by Gasteiger charge is -2.07. The molecule has 0 aliphatic heterocycles. The predicted octanol–water partition coefficient (Wildman–Crippen LogP) is 3.47. The molecule has 0 saturated carbocycles. The number of sulfone groups is 1. The zero-order chi connectivity index (χ0) is 21.8. The van der Waals surface area contributed by atoms with E-state index in [4.69, 9.17) is 0 Å². The highest BCUT2D eigenvalue weighted by Crippen LogP contribution is 2.28. The van der Waals surface area contributed by atoms with Crippen LogP contribution in [-0.2, 0) is 33.5 Å². The van der Waals surface area contributed by atoms with Crippen molar-refractivity contribution >= 4 is 26.6 Å². The van der Waals surface area contributed by atoms with Crippen LogP contribution < -0.4 is 5.32 Å². The number of halogens is 1. The molecule has 6 nitrogen and oxygen atoms in total. The van der Waals surface area contributed by atoms with E-state index in [-0.39, 0.29) is 29.5 Å². The molecule has 2 aromatic carbocycles. The molecule has 1 amide bonds. The summed E-state index contributed by atoms with van der Waals surface area (Å²) >= 11 is 0. The molecular formula is C23H20FN3O3S. The fourth-order valence-corrected chi connectivity index (χ4v) is 4.99. The number of nitrogens with one attached hydrogen (secondary N) is 1. The summed E-state index contributed by atoms with van der Waals surface area (Å²) < 4.78 is 41.8. The second-order valence-electron chi connectivity index (χ2n) is 7.09. The lowest BCUT2D eigenvalue weighted by Crippen LogP contribution is -2.27. The molecule has 4 aromatic rings. The van der Waals surface area contributed by atoms with Crippen molar-refractivity contribution < 1.29 is 17.6 Å². The Morgan fingerprint density at radius 2 is 1.74 bits per heavy atom. The second-order valence-corrected chi connectivity index (χ2v) is 9.04. The normalized spacial score (nSPS) is 11.5. The smallest absolute Gasteiger partial charge is 0.240 e. The Morgan fingerprint density at radius 1 is 1.00 bits per heavy atom. The number of aromatic nitrogens is 2. The Labute approximate surface area is 179 Å². The zero-order valence-corrected chi connectivity index (χ0v) is 17.3. The van der Waals surface area contributed by atoms with Crippen molar-refractivity contribution in [2.75, 3.05) is 0 Å². The summed E-state index contributed by atoms with van der Waals surface area (Å²) in [4.78, 5) is 16.7. The Bertz CT molecular complexity index is 1330. The third-order valence-corrected chi connectivity index (χ3v) is 6.58. The number of para-hydroxylation sites is 1. The summed E-state index contributed by atoms with van der Waals surface area (Å²) in [6.07, 6.45) is 3.09. The standard InChI is InChI=1S/C23H20FN3O3S/c24-20-10-3-1-7-17(20)16-31(29,30)22-14-27(21-11-4-2-9-19(21)22)15-23(28)26-13-18-8-5-6-12-25-18/h1-12,14H,13,15-16H2,(H,26,28). The molecule has 0 aliphatic carbocycles. The van der Waals surface area contributed by atoms with Crippen molar-refractivity contribution in [2.24, 2.45) is 0 Å². The Kier molecular flexibility index (Phi) is 5.81. The van der Waals surface area contributed by atoms with Crippen LogP contribution in [0.3, 0.4) is 0 Å². The van der Waals surface area contributed by atoms with Gasteiger partial charge in [0.05, 0.1) is 22.9 Å². The van der Waals surface area contributed by atoms with Crippen molar-refractivity contribution in [1.82, 2.24) is 14.9 Å². The molecule has 8 heteroatoms. The van der Waals surface area contributed by atoms with Crippen LogP contribution in [0, 0.1) is 5.82 Å². The maximum absolute atomic E-state index is 14.0. The van der Waals surface area contributed by atoms with Gasteiger partial charge in [0, 0.05) is 28.9 Å². The van der Waals surface area contributed by atoms with E-state index in [0.717, 1.165) is 5.69 Å². The molecule has 0 unspecified atom stereocenters. The number of pyridine rings is 1. The van der Waals surface area contributed by atoms with E-state index < -0.39 is 21.4 Å². The van der Waals surface area contributed by atoms with Gasteiger partial charge in [0.25, 0.3) is 0 Å². The monoisotopic (exact) mass is 437 g/mol. The molecule has 4 rings (SSSR count). The third-order valence-electron chi connectivity index (χ3n) is 4.90. The van der Waals surface area contributed by atoms with Crippen molar-refractivity contribution in [3.05, 3.63) is 96.2 Å². The maximum Gasteiger partial charge on any atom is 0.240 e. The molecule has 158 valence electrons. The first-order chi connectivity index (χ1) is 14.9. The van der Waals surface area contributed by atoms with Gasteiger partial charge in [0.1, 0.15) is 12.4 Å². The highest BCUT2D eigenvalue weighted by Gasteiger charge is 2.23. The van der Waals surface area contributed by atoms with Crippen LogP contribution in [0.2, 0.25) is 0 Å². The maximum atomic E-state index is 14.0. The topological polar surface area (TPSA) is 81.1 Å². The highest BCUT2D eigenvalue weighted by atomic mass is 32.2. The third kappa shape index (κ3) is 4.64. The first-order valence-electron chi connectivity index (χ1n) is 9.65. The summed E-state index contributed by atoms with van der Waals surface area (Å²) in [6.45, 7) is 0.222. The van der Waals surface area contributed by atoms with Gasteiger partial charge in [-0.1, -0.05) is 42.5 Å². The molecule has 1 N–H and O–H groups in total. The van der Waals surface area contributed by atoms with Gasteiger partial charge < -0.3 is 9.88 Å². The average molecular weight is 437 g/mol. The predicted molar refractivity (Wildman–Crippen MR) is 115 cm³/mol. The molecule has 31 heavy (non-hydrogen) atoms. The molecule has 0 aliphatic rings. The summed E-state index contributed by atoms with van der Waals surface area (Å²) in [5.41, 5.74) is 1.44. The van der Waals surface area contributed by atoms with Crippen LogP contribution in [-0.4, -0.2) is 23.9 Å². The first-order valence-corrected chi connectivity index (χ1v) is 11.3. The van der Waals surface area contributed by atoms with Crippen molar-refractivity contribution in [3.63, 3.8) is 0 Å². The van der Waals surface area contributed by atoms with Crippen molar-refractivity contribution in [1.29, 1.82) is 0 Å². The van der Waals surface area contributed by atoms with Crippen LogP contribution in [0.1, 0.15) is 11.3 Å². The summed E-state index contributed by atoms with van der Waals surface area (Å²) in [5.74, 6) is -1.30. The zero-order valence-electron chi connectivity index (χ0n) is 16.5. The molecule has 2 heterocycles. The SMILES string of the molecule is O=C(Cn1cc(S(=O)(=O)Cc2ccccc2F)c2ccccc21)NCc1ccccn1. The van der Waals surface area contributed by atoms with E-state index >= 15 is 0 Å². The number of nitrogens with zero attached hydrogens (tertiary/aromatic N) is 2. The number of hydrogen-bond donors (Lipinski definition) is 1. The van der Waals surface area contributed by atoms with E-state index in [1.807, 2.05) is 6.07 Å². The number of fused-ring (bicyclic) bond motifs is 1. The quantitative estimate of drug-likeness (QED) is 0.480. The van der Waals surface area contributed by atoms with Gasteiger partial charge >= 0.3 is 0 Å². The van der Waals surface area contributed by atoms with Gasteiger partial charge in [-0.3, -0.25) is 9.78 Å². The van der Waals surface area contributed by atoms with E-state index in [2.05, 4.69) is 10.3 Å². The minimum atomic E-state index is -3.84. The minimum absolute atomic E-state index is 0.0530. The van der Waals surface area contributed by atoms with E-state index in [1.165, 1.54) is 24.4 Å². The van der Waals surface area contributed by atoms with Crippen LogP contribution in [0.15, 0.2) is 84.0 Å². The fraction of sp³-hybridized carbons (Fsp3) is 0.130. The molecule has 0 fully saturated rings. The van der Waals surface area contributed by atoms with Gasteiger partial charge in [-0.25, -0.2) is 12.8 Å². The summed E-state index contributed by atoms with van der Waals surface area (Å²) in [7, 11) is -3.84. The van der Waals surface area contributed by atoms with Crippen LogP contribution >= 0.6 is 0 Å². The van der Waals surface area contributed by atoms with E-state index in [9.17, 15) is 17.6 Å². The largest absolute Gasteiger partial charge is 0.349 e. The highest BCUT2D eigenvalue weighted by molar-refractivity contribution is 7.90. The molecule has 0 bridgehead atoms. The molecule has 2 aromatic heterocycles. The Balaban J connectivity index is 1.60. The lowest BCUT2D eigenvalue weighted by molar-refractivity contribution is -0.121.